The van der Waals surface area contributed by atoms with Gasteiger partial charge < -0.3 is 25.0 Å². The zero-order chi connectivity index (χ0) is 21.6. The number of rotatable bonds is 8. The van der Waals surface area contributed by atoms with Crippen molar-refractivity contribution in [3.05, 3.63) is 89.5 Å². The van der Waals surface area contributed by atoms with Gasteiger partial charge in [0.05, 0.1) is 0 Å². The number of nitrogens with two attached hydrogens (primary N) is 2. The van der Waals surface area contributed by atoms with Gasteiger partial charge in [0.15, 0.2) is 0 Å². The van der Waals surface area contributed by atoms with Gasteiger partial charge in [-0.05, 0) is 23.6 Å². The van der Waals surface area contributed by atoms with Crippen molar-refractivity contribution < 1.29 is 13.6 Å². The van der Waals surface area contributed by atoms with Crippen LogP contribution in [0.5, 0.6) is 17.2 Å². The van der Waals surface area contributed by atoms with Crippen LogP contribution < -0.4 is 25.0 Å². The summed E-state index contributed by atoms with van der Waals surface area (Å²) < 4.78 is 18.7. The summed E-state index contributed by atoms with van der Waals surface area (Å²) in [5.41, 5.74) is 14.5. The zero-order valence-corrected chi connectivity index (χ0v) is 18.6. The molecule has 0 aromatic heterocycles. The first kappa shape index (κ1) is 22.1. The Morgan fingerprint density at radius 1 is 0.633 bits per heavy atom. The maximum absolute atomic E-state index is 6.32. The van der Waals surface area contributed by atoms with E-state index in [-0.39, 0.29) is 5.41 Å². The Hall–Kier alpha value is -2.59. The highest BCUT2D eigenvalue weighted by Gasteiger charge is 2.26. The molecule has 0 saturated heterocycles. The van der Waals surface area contributed by atoms with Crippen molar-refractivity contribution in [2.24, 2.45) is 11.5 Å². The minimum absolute atomic E-state index is 0.0953. The topological polar surface area (TPSA) is 79.7 Å². The molecule has 3 aromatic carbocycles. The second-order valence-electron chi connectivity index (χ2n) is 7.87. The Labute approximate surface area is 180 Å². The van der Waals surface area contributed by atoms with Crippen molar-refractivity contribution in [2.45, 2.75) is 39.3 Å². The first-order chi connectivity index (χ1) is 14.4. The highest BCUT2D eigenvalue weighted by atomic mass is 31.2. The average Bonchev–Trinajstić information content (AvgIpc) is 2.74. The van der Waals surface area contributed by atoms with E-state index in [4.69, 9.17) is 25.0 Å². The zero-order valence-electron chi connectivity index (χ0n) is 17.7. The molecule has 0 unspecified atom stereocenters. The molecule has 158 valence electrons. The van der Waals surface area contributed by atoms with Crippen LogP contribution in [-0.4, -0.2) is 0 Å². The van der Waals surface area contributed by atoms with Gasteiger partial charge in [0.25, 0.3) is 0 Å². The van der Waals surface area contributed by atoms with E-state index in [1.165, 1.54) is 0 Å². The third-order valence-corrected chi connectivity index (χ3v) is 5.64. The van der Waals surface area contributed by atoms with Gasteiger partial charge in [-0.25, -0.2) is 0 Å². The van der Waals surface area contributed by atoms with E-state index < -0.39 is 8.60 Å². The predicted molar refractivity (Wildman–Crippen MR) is 123 cm³/mol. The van der Waals surface area contributed by atoms with Gasteiger partial charge in [-0.1, -0.05) is 75.4 Å². The van der Waals surface area contributed by atoms with Gasteiger partial charge in [-0.2, -0.15) is 0 Å². The largest absolute Gasteiger partial charge is 0.530 e. The number of hydrogen-bond donors (Lipinski definition) is 2. The third-order valence-electron chi connectivity index (χ3n) is 4.60. The molecule has 0 aliphatic rings. The van der Waals surface area contributed by atoms with Crippen LogP contribution in [0, 0.1) is 0 Å². The molecule has 6 heteroatoms. The van der Waals surface area contributed by atoms with E-state index >= 15 is 0 Å². The highest BCUT2D eigenvalue weighted by Crippen LogP contribution is 2.46. The number of hydrogen-bond acceptors (Lipinski definition) is 5. The molecular formula is C24H29N2O3P. The molecule has 3 rings (SSSR count). The van der Waals surface area contributed by atoms with Crippen molar-refractivity contribution in [3.63, 3.8) is 0 Å². The summed E-state index contributed by atoms with van der Waals surface area (Å²) in [6.45, 7) is 7.15. The first-order valence-electron chi connectivity index (χ1n) is 9.92. The molecule has 0 amide bonds. The van der Waals surface area contributed by atoms with Crippen LogP contribution in [0.1, 0.15) is 37.5 Å². The molecular weight excluding hydrogens is 395 g/mol. The molecule has 0 atom stereocenters. The molecule has 0 radical (unpaired) electrons. The minimum atomic E-state index is -1.81. The molecule has 0 aliphatic heterocycles. The lowest BCUT2D eigenvalue weighted by Gasteiger charge is -2.25. The van der Waals surface area contributed by atoms with Crippen LogP contribution in [-0.2, 0) is 18.5 Å². The van der Waals surface area contributed by atoms with Crippen LogP contribution in [0.25, 0.3) is 0 Å². The second-order valence-corrected chi connectivity index (χ2v) is 8.86. The van der Waals surface area contributed by atoms with E-state index in [0.29, 0.717) is 24.6 Å². The highest BCUT2D eigenvalue weighted by molar-refractivity contribution is 7.43. The van der Waals surface area contributed by atoms with E-state index in [2.05, 4.69) is 26.8 Å². The van der Waals surface area contributed by atoms with E-state index in [0.717, 1.165) is 22.4 Å². The van der Waals surface area contributed by atoms with Crippen molar-refractivity contribution in [2.75, 3.05) is 0 Å². The van der Waals surface area contributed by atoms with Gasteiger partial charge in [0, 0.05) is 29.8 Å². The molecule has 0 saturated carbocycles. The second kappa shape index (κ2) is 9.94. The van der Waals surface area contributed by atoms with E-state index in [1.807, 2.05) is 66.7 Å². The molecule has 0 fully saturated rings. The Morgan fingerprint density at radius 2 is 1.03 bits per heavy atom. The van der Waals surface area contributed by atoms with Crippen LogP contribution in [0.4, 0.5) is 0 Å². The quantitative estimate of drug-likeness (QED) is 0.456. The summed E-state index contributed by atoms with van der Waals surface area (Å²) in [4.78, 5) is 0. The fourth-order valence-corrected chi connectivity index (χ4v) is 4.09. The standard InChI is InChI=1S/C24H29N2O3P/c1-24(2,3)20-12-6-9-15-23(20)29-30(27-21-13-7-4-10-18(21)16-25)28-22-14-8-5-11-19(22)17-26/h4-15H,16-17,25-26H2,1-3H3. The van der Waals surface area contributed by atoms with E-state index in [9.17, 15) is 0 Å². The molecule has 30 heavy (non-hydrogen) atoms. The summed E-state index contributed by atoms with van der Waals surface area (Å²) >= 11 is 0. The Kier molecular flexibility index (Phi) is 7.33. The van der Waals surface area contributed by atoms with Crippen molar-refractivity contribution in [1.29, 1.82) is 0 Å². The maximum Gasteiger partial charge on any atom is 0.530 e. The lowest BCUT2D eigenvalue weighted by molar-refractivity contribution is 0.379. The third kappa shape index (κ3) is 5.51. The molecule has 4 N–H and O–H groups in total. The predicted octanol–water partition coefficient (Wildman–Crippen LogP) is 5.67. The summed E-state index contributed by atoms with van der Waals surface area (Å²) in [6.07, 6.45) is 0. The molecule has 0 bridgehead atoms. The Morgan fingerprint density at radius 3 is 1.50 bits per heavy atom. The van der Waals surface area contributed by atoms with Crippen LogP contribution in [0.15, 0.2) is 72.8 Å². The number of benzene rings is 3. The lowest BCUT2D eigenvalue weighted by atomic mass is 9.86. The Bertz CT molecular complexity index is 923. The minimum Gasteiger partial charge on any atom is -0.408 e. The SMILES string of the molecule is CC(C)(C)c1ccccc1OP(Oc1ccccc1CN)Oc1ccccc1CN. The van der Waals surface area contributed by atoms with Crippen LogP contribution >= 0.6 is 8.60 Å². The summed E-state index contributed by atoms with van der Waals surface area (Å²) in [5.74, 6) is 2.01. The monoisotopic (exact) mass is 424 g/mol. The van der Waals surface area contributed by atoms with Gasteiger partial charge in [-0.15, -0.1) is 0 Å². The van der Waals surface area contributed by atoms with E-state index in [1.54, 1.807) is 0 Å². The van der Waals surface area contributed by atoms with Crippen molar-refractivity contribution >= 4 is 8.60 Å². The Balaban J connectivity index is 1.96. The average molecular weight is 424 g/mol. The van der Waals surface area contributed by atoms with Crippen molar-refractivity contribution in [3.8, 4) is 17.2 Å². The molecule has 5 nitrogen and oxygen atoms in total. The number of para-hydroxylation sites is 3. The van der Waals surface area contributed by atoms with Crippen LogP contribution in [0.3, 0.4) is 0 Å². The lowest BCUT2D eigenvalue weighted by Crippen LogP contribution is -2.14. The van der Waals surface area contributed by atoms with Crippen LogP contribution in [0.2, 0.25) is 0 Å². The summed E-state index contributed by atoms with van der Waals surface area (Å²) in [7, 11) is -1.81. The summed E-state index contributed by atoms with van der Waals surface area (Å²) in [6, 6.07) is 23.2. The smallest absolute Gasteiger partial charge is 0.408 e. The maximum atomic E-state index is 6.32. The summed E-state index contributed by atoms with van der Waals surface area (Å²) in [5, 5.41) is 0. The van der Waals surface area contributed by atoms with Crippen molar-refractivity contribution in [1.82, 2.24) is 0 Å². The fraction of sp³-hybridized carbons (Fsp3) is 0.250. The van der Waals surface area contributed by atoms with Gasteiger partial charge >= 0.3 is 8.60 Å². The molecule has 0 spiro atoms. The molecule has 0 heterocycles. The molecule has 3 aromatic rings. The first-order valence-corrected chi connectivity index (χ1v) is 11.0. The van der Waals surface area contributed by atoms with Gasteiger partial charge in [0.2, 0.25) is 0 Å². The van der Waals surface area contributed by atoms with Gasteiger partial charge in [-0.3, -0.25) is 0 Å². The normalized spacial score (nSPS) is 11.4. The van der Waals surface area contributed by atoms with Gasteiger partial charge in [0.1, 0.15) is 17.2 Å². The molecule has 0 aliphatic carbocycles. The fourth-order valence-electron chi connectivity index (χ4n) is 2.99.